The summed E-state index contributed by atoms with van der Waals surface area (Å²) in [6.45, 7) is 6.08. The molecule has 3 rings (SSSR count). The van der Waals surface area contributed by atoms with Crippen molar-refractivity contribution in [1.29, 1.82) is 0 Å². The molecule has 1 aliphatic carbocycles. The highest BCUT2D eigenvalue weighted by Gasteiger charge is 2.38. The first-order valence-corrected chi connectivity index (χ1v) is 7.38. The van der Waals surface area contributed by atoms with Gasteiger partial charge in [-0.15, -0.1) is 0 Å². The lowest BCUT2D eigenvalue weighted by Crippen LogP contribution is -2.24. The molecule has 0 bridgehead atoms. The zero-order valence-electron chi connectivity index (χ0n) is 13.0. The molecule has 0 radical (unpaired) electrons. The molecule has 0 fully saturated rings. The second-order valence-electron chi connectivity index (χ2n) is 6.29. The van der Waals surface area contributed by atoms with Crippen molar-refractivity contribution in [3.8, 4) is 0 Å². The number of benzene rings is 1. The largest absolute Gasteiger partial charge is 0.465 e. The third kappa shape index (κ3) is 2.45. The standard InChI is InChI=1S/C18H19NO3/c1-11-4-6-14(22-11)10-19-17(21)12-5-7-15-13(8-12)9-16(20)18(15,2)3/h4-8H,9-10H2,1-3H3,(H,19,21). The maximum absolute atomic E-state index is 12.2. The van der Waals surface area contributed by atoms with Gasteiger partial charge in [0.2, 0.25) is 0 Å². The van der Waals surface area contributed by atoms with Crippen LogP contribution >= 0.6 is 0 Å². The first-order valence-electron chi connectivity index (χ1n) is 7.38. The first kappa shape index (κ1) is 14.6. The summed E-state index contributed by atoms with van der Waals surface area (Å²) in [6.07, 6.45) is 0.404. The molecule has 0 atom stereocenters. The number of furan rings is 1. The van der Waals surface area contributed by atoms with E-state index < -0.39 is 5.41 Å². The van der Waals surface area contributed by atoms with E-state index in [0.29, 0.717) is 18.5 Å². The van der Waals surface area contributed by atoms with Crippen molar-refractivity contribution in [3.05, 3.63) is 58.5 Å². The fourth-order valence-electron chi connectivity index (χ4n) is 2.88. The molecule has 0 unspecified atom stereocenters. The molecule has 2 aromatic rings. The molecule has 4 nitrogen and oxygen atoms in total. The van der Waals surface area contributed by atoms with Crippen molar-refractivity contribution < 1.29 is 14.0 Å². The summed E-state index contributed by atoms with van der Waals surface area (Å²) in [7, 11) is 0. The van der Waals surface area contributed by atoms with Crippen LogP contribution < -0.4 is 5.32 Å². The van der Waals surface area contributed by atoms with E-state index in [1.165, 1.54) is 0 Å². The van der Waals surface area contributed by atoms with Gasteiger partial charge in [-0.05, 0) is 56.2 Å². The highest BCUT2D eigenvalue weighted by atomic mass is 16.3. The maximum atomic E-state index is 12.2. The molecule has 4 heteroatoms. The van der Waals surface area contributed by atoms with Crippen LogP contribution in [0.4, 0.5) is 0 Å². The van der Waals surface area contributed by atoms with Crippen LogP contribution in [0.3, 0.4) is 0 Å². The maximum Gasteiger partial charge on any atom is 0.251 e. The first-order chi connectivity index (χ1) is 10.4. The van der Waals surface area contributed by atoms with Crippen LogP contribution in [-0.4, -0.2) is 11.7 Å². The number of amides is 1. The number of carbonyl (C=O) groups is 2. The lowest BCUT2D eigenvalue weighted by atomic mass is 9.85. The number of ketones is 1. The Labute approximate surface area is 129 Å². The van der Waals surface area contributed by atoms with Crippen molar-refractivity contribution in [2.45, 2.75) is 39.2 Å². The molecule has 0 saturated carbocycles. The van der Waals surface area contributed by atoms with E-state index >= 15 is 0 Å². The molecule has 0 spiro atoms. The van der Waals surface area contributed by atoms with Crippen LogP contribution in [0.1, 0.15) is 46.9 Å². The molecule has 1 aromatic heterocycles. The summed E-state index contributed by atoms with van der Waals surface area (Å²) < 4.78 is 5.43. The van der Waals surface area contributed by atoms with Crippen LogP contribution in [0.25, 0.3) is 0 Å². The molecule has 1 N–H and O–H groups in total. The topological polar surface area (TPSA) is 59.3 Å². The predicted molar refractivity (Wildman–Crippen MR) is 82.8 cm³/mol. The molecule has 114 valence electrons. The normalized spacial score (nSPS) is 15.7. The Kier molecular flexibility index (Phi) is 3.39. The predicted octanol–water partition coefficient (Wildman–Crippen LogP) is 2.92. The highest BCUT2D eigenvalue weighted by Crippen LogP contribution is 2.35. The smallest absolute Gasteiger partial charge is 0.251 e. The number of hydrogen-bond donors (Lipinski definition) is 1. The number of aryl methyl sites for hydroxylation is 1. The molecule has 1 aromatic carbocycles. The second kappa shape index (κ2) is 5.13. The van der Waals surface area contributed by atoms with Gasteiger partial charge in [0.15, 0.2) is 0 Å². The molecule has 1 amide bonds. The zero-order chi connectivity index (χ0) is 15.9. The van der Waals surface area contributed by atoms with Gasteiger partial charge in [-0.25, -0.2) is 0 Å². The van der Waals surface area contributed by atoms with Gasteiger partial charge in [0.05, 0.1) is 6.54 Å². The number of Topliss-reactive ketones (excluding diaryl/α,β-unsaturated/α-hetero) is 1. The summed E-state index contributed by atoms with van der Waals surface area (Å²) in [5.41, 5.74) is 2.11. The number of rotatable bonds is 3. The third-order valence-corrected chi connectivity index (χ3v) is 4.31. The fraction of sp³-hybridized carbons (Fsp3) is 0.333. The minimum absolute atomic E-state index is 0.158. The summed E-state index contributed by atoms with van der Waals surface area (Å²) in [5.74, 6) is 1.59. The van der Waals surface area contributed by atoms with Gasteiger partial charge < -0.3 is 9.73 Å². The van der Waals surface area contributed by atoms with E-state index in [0.717, 1.165) is 22.6 Å². The Bertz CT molecular complexity index is 755. The van der Waals surface area contributed by atoms with Crippen LogP contribution in [0.15, 0.2) is 34.7 Å². The van der Waals surface area contributed by atoms with Crippen molar-refractivity contribution in [1.82, 2.24) is 5.32 Å². The summed E-state index contributed by atoms with van der Waals surface area (Å²) in [4.78, 5) is 24.3. The van der Waals surface area contributed by atoms with Gasteiger partial charge in [0, 0.05) is 17.4 Å². The van der Waals surface area contributed by atoms with E-state index in [9.17, 15) is 9.59 Å². The molecule has 22 heavy (non-hydrogen) atoms. The van der Waals surface area contributed by atoms with E-state index in [-0.39, 0.29) is 11.7 Å². The monoisotopic (exact) mass is 297 g/mol. The van der Waals surface area contributed by atoms with Crippen molar-refractivity contribution >= 4 is 11.7 Å². The second-order valence-corrected chi connectivity index (χ2v) is 6.29. The van der Waals surface area contributed by atoms with Gasteiger partial charge in [-0.1, -0.05) is 6.07 Å². The Morgan fingerprint density at radius 2 is 2.05 bits per heavy atom. The molecule has 1 aliphatic rings. The third-order valence-electron chi connectivity index (χ3n) is 4.31. The fourth-order valence-corrected chi connectivity index (χ4v) is 2.88. The number of fused-ring (bicyclic) bond motifs is 1. The number of nitrogens with one attached hydrogen (secondary N) is 1. The van der Waals surface area contributed by atoms with Gasteiger partial charge in [0.25, 0.3) is 5.91 Å². The summed E-state index contributed by atoms with van der Waals surface area (Å²) >= 11 is 0. The summed E-state index contributed by atoms with van der Waals surface area (Å²) in [5, 5.41) is 2.83. The van der Waals surface area contributed by atoms with Gasteiger partial charge >= 0.3 is 0 Å². The minimum atomic E-state index is -0.448. The average Bonchev–Trinajstić information content (AvgIpc) is 2.98. The minimum Gasteiger partial charge on any atom is -0.465 e. The Morgan fingerprint density at radius 3 is 2.73 bits per heavy atom. The van der Waals surface area contributed by atoms with Gasteiger partial charge in [-0.3, -0.25) is 9.59 Å². The van der Waals surface area contributed by atoms with Crippen molar-refractivity contribution in [3.63, 3.8) is 0 Å². The Balaban J connectivity index is 1.75. The van der Waals surface area contributed by atoms with E-state index in [2.05, 4.69) is 5.32 Å². The average molecular weight is 297 g/mol. The van der Waals surface area contributed by atoms with Crippen molar-refractivity contribution in [2.24, 2.45) is 0 Å². The van der Waals surface area contributed by atoms with E-state index in [1.54, 1.807) is 6.07 Å². The Hall–Kier alpha value is -2.36. The lowest BCUT2D eigenvalue weighted by molar-refractivity contribution is -0.121. The highest BCUT2D eigenvalue weighted by molar-refractivity contribution is 5.98. The Morgan fingerprint density at radius 1 is 1.27 bits per heavy atom. The van der Waals surface area contributed by atoms with Crippen molar-refractivity contribution in [2.75, 3.05) is 0 Å². The van der Waals surface area contributed by atoms with Crippen LogP contribution in [0.2, 0.25) is 0 Å². The van der Waals surface area contributed by atoms with E-state index in [4.69, 9.17) is 4.42 Å². The summed E-state index contributed by atoms with van der Waals surface area (Å²) in [6, 6.07) is 9.21. The lowest BCUT2D eigenvalue weighted by Gasteiger charge is -2.17. The molecule has 0 aliphatic heterocycles. The SMILES string of the molecule is Cc1ccc(CNC(=O)c2ccc3c(c2)CC(=O)C3(C)C)o1. The van der Waals surface area contributed by atoms with Crippen LogP contribution in [0.5, 0.6) is 0 Å². The van der Waals surface area contributed by atoms with Gasteiger partial charge in [-0.2, -0.15) is 0 Å². The number of hydrogen-bond acceptors (Lipinski definition) is 3. The van der Waals surface area contributed by atoms with Crippen LogP contribution in [-0.2, 0) is 23.2 Å². The molecular weight excluding hydrogens is 278 g/mol. The quantitative estimate of drug-likeness (QED) is 0.947. The van der Waals surface area contributed by atoms with Crippen LogP contribution in [0, 0.1) is 6.92 Å². The molecule has 1 heterocycles. The van der Waals surface area contributed by atoms with E-state index in [1.807, 2.05) is 45.0 Å². The van der Waals surface area contributed by atoms with Gasteiger partial charge in [0.1, 0.15) is 17.3 Å². The molecular formula is C18H19NO3. The number of carbonyl (C=O) groups excluding carboxylic acids is 2. The zero-order valence-corrected chi connectivity index (χ0v) is 13.0. The molecule has 0 saturated heterocycles.